The molecule has 0 saturated carbocycles. The predicted molar refractivity (Wildman–Crippen MR) is 93.2 cm³/mol. The average molecular weight is 280 g/mol. The highest BCUT2D eigenvalue weighted by atomic mass is 14.8. The van der Waals surface area contributed by atoms with Crippen LogP contribution in [-0.4, -0.2) is 24.5 Å². The largest absolute Gasteiger partial charge is 0.294 e. The van der Waals surface area contributed by atoms with Gasteiger partial charge in [-0.3, -0.25) is 9.98 Å². The number of rotatable bonds is 8. The Morgan fingerprint density at radius 1 is 0.800 bits per heavy atom. The van der Waals surface area contributed by atoms with E-state index in [4.69, 9.17) is 0 Å². The molecule has 20 heavy (non-hydrogen) atoms. The molecule has 0 aromatic heterocycles. The summed E-state index contributed by atoms with van der Waals surface area (Å²) in [7, 11) is 0. The second kappa shape index (κ2) is 7.95. The molecule has 0 aliphatic carbocycles. The van der Waals surface area contributed by atoms with Crippen molar-refractivity contribution in [1.82, 2.24) is 0 Å². The molecule has 0 radical (unpaired) electrons. The molecular weight excluding hydrogens is 244 g/mol. The summed E-state index contributed by atoms with van der Waals surface area (Å²) < 4.78 is 0. The SMILES string of the molecule is CC(C)N=CC(C)(C)CCC(C)C(C)(C)C=NC(C)C. The molecule has 0 fully saturated rings. The van der Waals surface area contributed by atoms with Crippen molar-refractivity contribution >= 4 is 12.4 Å². The number of hydrogen-bond acceptors (Lipinski definition) is 2. The standard InChI is InChI=1S/C18H36N2/c1-14(2)19-12-17(6,7)11-10-16(5)18(8,9)13-20-15(3)4/h12-16H,10-11H2,1-9H3. The van der Waals surface area contributed by atoms with E-state index in [0.717, 1.165) is 0 Å². The molecule has 0 aromatic rings. The Hall–Kier alpha value is -0.660. The molecule has 0 amide bonds. The van der Waals surface area contributed by atoms with Crippen LogP contribution in [0.15, 0.2) is 9.98 Å². The number of hydrogen-bond donors (Lipinski definition) is 0. The van der Waals surface area contributed by atoms with Gasteiger partial charge in [-0.2, -0.15) is 0 Å². The Morgan fingerprint density at radius 2 is 1.25 bits per heavy atom. The van der Waals surface area contributed by atoms with Crippen molar-refractivity contribution in [2.75, 3.05) is 0 Å². The fourth-order valence-corrected chi connectivity index (χ4v) is 1.84. The molecule has 0 saturated heterocycles. The van der Waals surface area contributed by atoms with Crippen LogP contribution in [0.2, 0.25) is 0 Å². The first kappa shape index (κ1) is 19.3. The van der Waals surface area contributed by atoms with Gasteiger partial charge in [-0.1, -0.05) is 34.6 Å². The van der Waals surface area contributed by atoms with E-state index >= 15 is 0 Å². The summed E-state index contributed by atoms with van der Waals surface area (Å²) in [6.07, 6.45) is 6.66. The fourth-order valence-electron chi connectivity index (χ4n) is 1.84. The Morgan fingerprint density at radius 3 is 1.70 bits per heavy atom. The van der Waals surface area contributed by atoms with Gasteiger partial charge in [0.2, 0.25) is 0 Å². The predicted octanol–water partition coefficient (Wildman–Crippen LogP) is 5.41. The quantitative estimate of drug-likeness (QED) is 0.531. The summed E-state index contributed by atoms with van der Waals surface area (Å²) in [6.45, 7) is 20.0. The summed E-state index contributed by atoms with van der Waals surface area (Å²) in [4.78, 5) is 9.11. The first-order valence-corrected chi connectivity index (χ1v) is 8.05. The molecular formula is C18H36N2. The van der Waals surface area contributed by atoms with E-state index in [9.17, 15) is 0 Å². The molecule has 0 aromatic carbocycles. The number of aliphatic imine (C=N–C) groups is 2. The van der Waals surface area contributed by atoms with Gasteiger partial charge in [-0.25, -0.2) is 0 Å². The monoisotopic (exact) mass is 280 g/mol. The topological polar surface area (TPSA) is 24.7 Å². The minimum Gasteiger partial charge on any atom is -0.294 e. The van der Waals surface area contributed by atoms with Crippen LogP contribution < -0.4 is 0 Å². The van der Waals surface area contributed by atoms with E-state index in [-0.39, 0.29) is 10.8 Å². The summed E-state index contributed by atoms with van der Waals surface area (Å²) in [5.74, 6) is 0.622. The molecule has 0 heterocycles. The van der Waals surface area contributed by atoms with Crippen molar-refractivity contribution in [1.29, 1.82) is 0 Å². The highest BCUT2D eigenvalue weighted by Crippen LogP contribution is 2.32. The van der Waals surface area contributed by atoms with Crippen molar-refractivity contribution in [2.45, 2.75) is 87.2 Å². The maximum Gasteiger partial charge on any atom is 0.0439 e. The summed E-state index contributed by atoms with van der Waals surface area (Å²) in [5.41, 5.74) is 0.347. The van der Waals surface area contributed by atoms with Crippen LogP contribution in [0.5, 0.6) is 0 Å². The molecule has 0 bridgehead atoms. The smallest absolute Gasteiger partial charge is 0.0439 e. The highest BCUT2D eigenvalue weighted by Gasteiger charge is 2.26. The Bertz CT molecular complexity index is 322. The minimum absolute atomic E-state index is 0.162. The normalized spacial score (nSPS) is 15.9. The van der Waals surface area contributed by atoms with Crippen molar-refractivity contribution in [2.24, 2.45) is 26.7 Å². The second-order valence-electron chi connectivity index (χ2n) is 7.99. The molecule has 1 atom stereocenters. The van der Waals surface area contributed by atoms with Gasteiger partial charge in [-0.05, 0) is 51.9 Å². The first-order chi connectivity index (χ1) is 8.96. The van der Waals surface area contributed by atoms with Crippen LogP contribution in [0.1, 0.15) is 75.2 Å². The van der Waals surface area contributed by atoms with Gasteiger partial charge >= 0.3 is 0 Å². The van der Waals surface area contributed by atoms with Crippen LogP contribution in [0, 0.1) is 16.7 Å². The van der Waals surface area contributed by atoms with E-state index in [1.165, 1.54) is 12.8 Å². The maximum absolute atomic E-state index is 4.57. The third-order valence-electron chi connectivity index (χ3n) is 3.92. The zero-order chi connectivity index (χ0) is 16.0. The molecule has 0 spiro atoms. The molecule has 118 valence electrons. The van der Waals surface area contributed by atoms with Gasteiger partial charge in [0.05, 0.1) is 0 Å². The second-order valence-corrected chi connectivity index (χ2v) is 7.99. The lowest BCUT2D eigenvalue weighted by atomic mass is 9.75. The van der Waals surface area contributed by atoms with Crippen molar-refractivity contribution in [3.63, 3.8) is 0 Å². The zero-order valence-electron chi connectivity index (χ0n) is 15.2. The van der Waals surface area contributed by atoms with Gasteiger partial charge in [0.25, 0.3) is 0 Å². The van der Waals surface area contributed by atoms with E-state index < -0.39 is 0 Å². The third kappa shape index (κ3) is 8.50. The van der Waals surface area contributed by atoms with Crippen LogP contribution in [-0.2, 0) is 0 Å². The molecule has 2 heteroatoms. The Kier molecular flexibility index (Phi) is 7.69. The Balaban J connectivity index is 4.50. The average Bonchev–Trinajstić information content (AvgIpc) is 2.31. The molecule has 0 rings (SSSR count). The fraction of sp³-hybridized carbons (Fsp3) is 0.889. The van der Waals surface area contributed by atoms with Gasteiger partial charge in [0, 0.05) is 29.9 Å². The van der Waals surface area contributed by atoms with Gasteiger partial charge in [0.1, 0.15) is 0 Å². The highest BCUT2D eigenvalue weighted by molar-refractivity contribution is 5.66. The van der Waals surface area contributed by atoms with Crippen molar-refractivity contribution in [3.05, 3.63) is 0 Å². The van der Waals surface area contributed by atoms with E-state index in [2.05, 4.69) is 84.7 Å². The van der Waals surface area contributed by atoms with Crippen molar-refractivity contribution in [3.8, 4) is 0 Å². The van der Waals surface area contributed by atoms with E-state index in [1.54, 1.807) is 0 Å². The van der Waals surface area contributed by atoms with Gasteiger partial charge < -0.3 is 0 Å². The lowest BCUT2D eigenvalue weighted by molar-refractivity contribution is 0.288. The van der Waals surface area contributed by atoms with E-state index in [1.807, 2.05) is 0 Å². The molecule has 2 nitrogen and oxygen atoms in total. The molecule has 1 unspecified atom stereocenters. The Labute approximate surface area is 127 Å². The van der Waals surface area contributed by atoms with E-state index in [0.29, 0.717) is 18.0 Å². The summed E-state index contributed by atoms with van der Waals surface area (Å²) >= 11 is 0. The van der Waals surface area contributed by atoms with Crippen LogP contribution in [0.25, 0.3) is 0 Å². The molecule has 0 aliphatic heterocycles. The minimum atomic E-state index is 0.162. The zero-order valence-corrected chi connectivity index (χ0v) is 15.2. The first-order valence-electron chi connectivity index (χ1n) is 8.05. The summed E-state index contributed by atoms with van der Waals surface area (Å²) in [5, 5.41) is 0. The lowest BCUT2D eigenvalue weighted by Crippen LogP contribution is -2.26. The van der Waals surface area contributed by atoms with Crippen LogP contribution in [0.3, 0.4) is 0 Å². The van der Waals surface area contributed by atoms with Crippen LogP contribution in [0.4, 0.5) is 0 Å². The molecule has 0 N–H and O–H groups in total. The molecule has 0 aliphatic rings. The lowest BCUT2D eigenvalue weighted by Gasteiger charge is -2.30. The van der Waals surface area contributed by atoms with Gasteiger partial charge in [-0.15, -0.1) is 0 Å². The number of nitrogens with zero attached hydrogens (tertiary/aromatic N) is 2. The van der Waals surface area contributed by atoms with Gasteiger partial charge in [0.15, 0.2) is 0 Å². The van der Waals surface area contributed by atoms with Crippen molar-refractivity contribution < 1.29 is 0 Å². The van der Waals surface area contributed by atoms with Crippen LogP contribution >= 0.6 is 0 Å². The third-order valence-corrected chi connectivity index (χ3v) is 3.92. The summed E-state index contributed by atoms with van der Waals surface area (Å²) in [6, 6.07) is 0.775. The maximum atomic E-state index is 4.57.